The predicted octanol–water partition coefficient (Wildman–Crippen LogP) is 4.38. The van der Waals surface area contributed by atoms with E-state index in [9.17, 15) is 29.7 Å². The number of aliphatic hydroxyl groups excluding tert-OH is 1. The van der Waals surface area contributed by atoms with Crippen molar-refractivity contribution in [1.29, 1.82) is 0 Å². The van der Waals surface area contributed by atoms with Crippen molar-refractivity contribution in [2.24, 2.45) is 0 Å². The van der Waals surface area contributed by atoms with Gasteiger partial charge in [-0.1, -0.05) is 31.2 Å². The Morgan fingerprint density at radius 3 is 2.50 bits per heavy atom. The van der Waals surface area contributed by atoms with Crippen molar-refractivity contribution in [3.63, 3.8) is 0 Å². The van der Waals surface area contributed by atoms with Gasteiger partial charge in [0.05, 0.1) is 34.8 Å². The Morgan fingerprint density at radius 2 is 1.79 bits per heavy atom. The zero-order valence-corrected chi connectivity index (χ0v) is 20.2. The normalized spacial score (nSPS) is 16.8. The Labute approximate surface area is 216 Å². The number of carbonyl (C=O) groups excluding carboxylic acids is 2. The fourth-order valence-corrected chi connectivity index (χ4v) is 4.37. The lowest BCUT2D eigenvalue weighted by Crippen LogP contribution is -2.30. The maximum absolute atomic E-state index is 13.4. The summed E-state index contributed by atoms with van der Waals surface area (Å²) in [5, 5.41) is 30.5. The van der Waals surface area contributed by atoms with Crippen LogP contribution in [0.4, 0.5) is 5.95 Å². The van der Waals surface area contributed by atoms with E-state index in [2.05, 4.69) is 9.97 Å². The largest absolute Gasteiger partial charge is 0.508 e. The van der Waals surface area contributed by atoms with E-state index in [0.717, 1.165) is 11.3 Å². The molecule has 4 aromatic rings. The molecule has 0 bridgehead atoms. The Morgan fingerprint density at radius 1 is 1.03 bits per heavy atom. The maximum atomic E-state index is 13.4. The number of carboxylic acid groups (broad SMARTS) is 1. The Kier molecular flexibility index (Phi) is 6.29. The molecule has 1 atom stereocenters. The zero-order valence-electron chi connectivity index (χ0n) is 20.2. The number of aromatic hydroxyl groups is 1. The molecule has 0 spiro atoms. The van der Waals surface area contributed by atoms with Crippen LogP contribution in [0, 0.1) is 0 Å². The molecular weight excluding hydrogens is 490 g/mol. The molecule has 0 saturated carbocycles. The second-order valence-corrected chi connectivity index (χ2v) is 8.73. The molecule has 1 amide bonds. The highest BCUT2D eigenvalue weighted by Crippen LogP contribution is 2.42. The van der Waals surface area contributed by atoms with E-state index in [0.29, 0.717) is 29.0 Å². The van der Waals surface area contributed by atoms with Gasteiger partial charge in [-0.25, -0.2) is 9.78 Å². The van der Waals surface area contributed by atoms with Crippen molar-refractivity contribution in [2.45, 2.75) is 19.4 Å². The summed E-state index contributed by atoms with van der Waals surface area (Å²) >= 11 is 0. The van der Waals surface area contributed by atoms with E-state index in [-0.39, 0.29) is 28.4 Å². The number of aromatic carboxylic acids is 1. The van der Waals surface area contributed by atoms with Crippen LogP contribution in [0.1, 0.15) is 40.9 Å². The van der Waals surface area contributed by atoms with Gasteiger partial charge < -0.3 is 25.0 Å². The summed E-state index contributed by atoms with van der Waals surface area (Å²) in [4.78, 5) is 46.6. The fraction of sp³-hybridized carbons (Fsp3) is 0.143. The molecule has 192 valence electrons. The molecule has 3 aromatic carbocycles. The third kappa shape index (κ3) is 4.32. The molecule has 38 heavy (non-hydrogen) atoms. The number of H-pyrrole nitrogens is 1. The van der Waals surface area contributed by atoms with Crippen LogP contribution in [0.25, 0.3) is 16.8 Å². The first-order valence-electron chi connectivity index (χ1n) is 11.8. The highest BCUT2D eigenvalue weighted by Gasteiger charge is 2.48. The topological polar surface area (TPSA) is 153 Å². The molecule has 1 fully saturated rings. The minimum Gasteiger partial charge on any atom is -0.508 e. The number of imidazole rings is 1. The molecule has 0 radical (unpaired) electrons. The monoisotopic (exact) mass is 513 g/mol. The zero-order chi connectivity index (χ0) is 27.0. The van der Waals surface area contributed by atoms with Gasteiger partial charge in [0, 0.05) is 5.56 Å². The molecule has 1 aliphatic heterocycles. The van der Waals surface area contributed by atoms with Gasteiger partial charge in [0.2, 0.25) is 5.95 Å². The van der Waals surface area contributed by atoms with E-state index in [4.69, 9.17) is 4.74 Å². The smallest absolute Gasteiger partial charge is 0.335 e. The third-order valence-electron chi connectivity index (χ3n) is 6.18. The molecule has 10 nitrogen and oxygen atoms in total. The second kappa shape index (κ2) is 9.74. The summed E-state index contributed by atoms with van der Waals surface area (Å²) in [6.07, 6.45) is 0.785. The molecule has 0 aliphatic carbocycles. The van der Waals surface area contributed by atoms with Gasteiger partial charge in [-0.2, -0.15) is 0 Å². The number of phenolic OH excluding ortho intramolecular Hbond substituents is 1. The molecule has 1 unspecified atom stereocenters. The maximum Gasteiger partial charge on any atom is 0.335 e. The lowest BCUT2D eigenvalue weighted by Gasteiger charge is -2.23. The number of benzene rings is 3. The third-order valence-corrected chi connectivity index (χ3v) is 6.18. The minimum atomic E-state index is -1.13. The lowest BCUT2D eigenvalue weighted by atomic mass is 9.95. The Bertz CT molecular complexity index is 1600. The molecule has 2 heterocycles. The van der Waals surface area contributed by atoms with Crippen LogP contribution in [-0.4, -0.2) is 49.6 Å². The fourth-order valence-electron chi connectivity index (χ4n) is 4.37. The van der Waals surface area contributed by atoms with Crippen LogP contribution in [0.5, 0.6) is 11.5 Å². The van der Waals surface area contributed by atoms with Crippen molar-refractivity contribution >= 4 is 40.4 Å². The number of nitrogens with zero attached hydrogens (tertiary/aromatic N) is 2. The van der Waals surface area contributed by atoms with Crippen LogP contribution in [0.2, 0.25) is 0 Å². The van der Waals surface area contributed by atoms with E-state index in [1.165, 1.54) is 42.5 Å². The van der Waals surface area contributed by atoms with Crippen LogP contribution < -0.4 is 9.64 Å². The minimum absolute atomic E-state index is 0.00166. The van der Waals surface area contributed by atoms with Crippen molar-refractivity contribution < 1.29 is 34.4 Å². The number of carbonyl (C=O) groups is 3. The lowest BCUT2D eigenvalue weighted by molar-refractivity contribution is -0.132. The van der Waals surface area contributed by atoms with Crippen molar-refractivity contribution in [3.8, 4) is 11.5 Å². The number of aliphatic hydroxyl groups is 1. The quantitative estimate of drug-likeness (QED) is 0.161. The SMILES string of the molecule is CCCOc1cccc(/C(O)=C2\C(=O)C(=O)N(c3nc4ccc(C(=O)O)cc4[nH]3)C2c2ccc(O)cc2)c1. The van der Waals surface area contributed by atoms with Crippen LogP contribution >= 0.6 is 0 Å². The van der Waals surface area contributed by atoms with Crippen LogP contribution in [0.3, 0.4) is 0 Å². The van der Waals surface area contributed by atoms with E-state index in [1.807, 2.05) is 6.92 Å². The van der Waals surface area contributed by atoms with Crippen molar-refractivity contribution in [3.05, 3.63) is 89.0 Å². The molecule has 5 rings (SSSR count). The number of Topliss-reactive ketones (excluding diaryl/α,β-unsaturated/α-hetero) is 1. The summed E-state index contributed by atoms with van der Waals surface area (Å²) in [5.74, 6) is -2.89. The molecule has 10 heteroatoms. The Balaban J connectivity index is 1.67. The van der Waals surface area contributed by atoms with Crippen molar-refractivity contribution in [2.75, 3.05) is 11.5 Å². The number of phenols is 1. The van der Waals surface area contributed by atoms with Gasteiger partial charge in [0.25, 0.3) is 5.78 Å². The highest BCUT2D eigenvalue weighted by molar-refractivity contribution is 6.51. The number of rotatable bonds is 7. The first-order chi connectivity index (χ1) is 18.3. The average molecular weight is 514 g/mol. The van der Waals surface area contributed by atoms with Gasteiger partial charge in [-0.05, 0) is 54.4 Å². The first-order valence-corrected chi connectivity index (χ1v) is 11.8. The van der Waals surface area contributed by atoms with Gasteiger partial charge >= 0.3 is 11.9 Å². The molecule has 1 saturated heterocycles. The summed E-state index contributed by atoms with van der Waals surface area (Å²) in [6.45, 7) is 2.43. The standard InChI is InChI=1S/C28H23N3O7/c1-2-12-38-19-5-3-4-16(13-19)24(33)22-23(15-6-9-18(32)10-7-15)31(26(35)25(22)34)28-29-20-11-8-17(27(36)37)14-21(20)30-28/h3-11,13-14,23,32-33H,2,12H2,1H3,(H,29,30)(H,36,37)/b24-22+. The molecular formula is C28H23N3O7. The summed E-state index contributed by atoms with van der Waals surface area (Å²) in [5.41, 5.74) is 1.32. The predicted molar refractivity (Wildman–Crippen MR) is 138 cm³/mol. The summed E-state index contributed by atoms with van der Waals surface area (Å²) < 4.78 is 5.65. The Hall–Kier alpha value is -5.12. The summed E-state index contributed by atoms with van der Waals surface area (Å²) in [6, 6.07) is 15.6. The average Bonchev–Trinajstić information content (AvgIpc) is 3.45. The van der Waals surface area contributed by atoms with Crippen LogP contribution in [0.15, 0.2) is 72.3 Å². The van der Waals surface area contributed by atoms with Gasteiger partial charge in [0.1, 0.15) is 17.3 Å². The number of aromatic amines is 1. The first kappa shape index (κ1) is 24.6. The van der Waals surface area contributed by atoms with Gasteiger partial charge in [-0.15, -0.1) is 0 Å². The number of ether oxygens (including phenoxy) is 1. The number of amides is 1. The number of nitrogens with one attached hydrogen (secondary N) is 1. The number of anilines is 1. The number of ketones is 1. The van der Waals surface area contributed by atoms with Crippen molar-refractivity contribution in [1.82, 2.24) is 9.97 Å². The molecule has 4 N–H and O–H groups in total. The van der Waals surface area contributed by atoms with Crippen LogP contribution in [-0.2, 0) is 9.59 Å². The number of hydrogen-bond acceptors (Lipinski definition) is 7. The van der Waals surface area contributed by atoms with Gasteiger partial charge in [0.15, 0.2) is 0 Å². The number of carboxylic acids is 1. The van der Waals surface area contributed by atoms with E-state index >= 15 is 0 Å². The number of hydrogen-bond donors (Lipinski definition) is 4. The highest BCUT2D eigenvalue weighted by atomic mass is 16.5. The summed E-state index contributed by atoms with van der Waals surface area (Å²) in [7, 11) is 0. The van der Waals surface area contributed by atoms with E-state index in [1.54, 1.807) is 24.3 Å². The number of fused-ring (bicyclic) bond motifs is 1. The number of aromatic nitrogens is 2. The molecule has 1 aromatic heterocycles. The molecule has 1 aliphatic rings. The van der Waals surface area contributed by atoms with Gasteiger partial charge in [-0.3, -0.25) is 14.5 Å². The second-order valence-electron chi connectivity index (χ2n) is 8.73. The van der Waals surface area contributed by atoms with E-state index < -0.39 is 29.5 Å².